The highest BCUT2D eigenvalue weighted by Crippen LogP contribution is 2.13. The van der Waals surface area contributed by atoms with E-state index >= 15 is 0 Å². The maximum Gasteiger partial charge on any atom is 0.0195 e. The normalized spacial score (nSPS) is 25.9. The van der Waals surface area contributed by atoms with Crippen molar-refractivity contribution < 1.29 is 0 Å². The minimum absolute atomic E-state index is 0.735. The highest BCUT2D eigenvalue weighted by Gasteiger charge is 2.21. The molecule has 0 saturated carbocycles. The second-order valence-corrected chi connectivity index (χ2v) is 5.63. The van der Waals surface area contributed by atoms with Gasteiger partial charge in [-0.2, -0.15) is 12.6 Å². The van der Waals surface area contributed by atoms with Crippen molar-refractivity contribution in [3.63, 3.8) is 0 Å². The fourth-order valence-electron chi connectivity index (χ4n) is 2.51. The summed E-state index contributed by atoms with van der Waals surface area (Å²) < 4.78 is 0. The lowest BCUT2D eigenvalue weighted by Gasteiger charge is -2.39. The molecule has 1 saturated heterocycles. The summed E-state index contributed by atoms with van der Waals surface area (Å²) >= 11 is 4.30. The van der Waals surface area contributed by atoms with E-state index in [2.05, 4.69) is 43.2 Å². The van der Waals surface area contributed by atoms with Crippen molar-refractivity contribution in [1.29, 1.82) is 0 Å². The molecule has 0 spiro atoms. The predicted molar refractivity (Wildman–Crippen MR) is 75.4 cm³/mol. The van der Waals surface area contributed by atoms with E-state index in [-0.39, 0.29) is 0 Å². The number of rotatable bonds is 6. The van der Waals surface area contributed by atoms with Gasteiger partial charge in [-0.15, -0.1) is 0 Å². The van der Waals surface area contributed by atoms with Crippen LogP contribution in [0.1, 0.15) is 33.6 Å². The van der Waals surface area contributed by atoms with Crippen molar-refractivity contribution in [3.8, 4) is 0 Å². The Balaban J connectivity index is 2.19. The van der Waals surface area contributed by atoms with Crippen LogP contribution in [0.3, 0.4) is 0 Å². The van der Waals surface area contributed by atoms with Gasteiger partial charge in [0.2, 0.25) is 0 Å². The van der Waals surface area contributed by atoms with Gasteiger partial charge in [0, 0.05) is 25.7 Å². The summed E-state index contributed by atoms with van der Waals surface area (Å²) in [4.78, 5) is 5.21. The average Bonchev–Trinajstić information content (AvgIpc) is 2.27. The van der Waals surface area contributed by atoms with Crippen molar-refractivity contribution in [1.82, 2.24) is 9.80 Å². The SMILES string of the molecule is CCN1CCN(CCC(C)CCS)CC1C. The third kappa shape index (κ3) is 4.64. The zero-order chi connectivity index (χ0) is 12.0. The number of nitrogens with zero attached hydrogens (tertiary/aromatic N) is 2. The van der Waals surface area contributed by atoms with Gasteiger partial charge >= 0.3 is 0 Å². The fourth-order valence-corrected chi connectivity index (χ4v) is 2.95. The van der Waals surface area contributed by atoms with Gasteiger partial charge < -0.3 is 4.90 Å². The van der Waals surface area contributed by atoms with Gasteiger partial charge in [-0.3, -0.25) is 4.90 Å². The first-order chi connectivity index (χ1) is 7.67. The van der Waals surface area contributed by atoms with Crippen LogP contribution in [-0.2, 0) is 0 Å². The molecule has 16 heavy (non-hydrogen) atoms. The second-order valence-electron chi connectivity index (χ2n) is 5.18. The first kappa shape index (κ1) is 14.3. The molecule has 96 valence electrons. The molecule has 0 N–H and O–H groups in total. The summed E-state index contributed by atoms with van der Waals surface area (Å²) in [6, 6.07) is 0.735. The molecule has 1 fully saturated rings. The van der Waals surface area contributed by atoms with E-state index in [1.54, 1.807) is 0 Å². The van der Waals surface area contributed by atoms with Crippen LogP contribution in [0.5, 0.6) is 0 Å². The van der Waals surface area contributed by atoms with Crippen molar-refractivity contribution >= 4 is 12.6 Å². The number of hydrogen-bond acceptors (Lipinski definition) is 3. The minimum atomic E-state index is 0.735. The molecule has 1 heterocycles. The van der Waals surface area contributed by atoms with E-state index in [0.717, 1.165) is 17.7 Å². The lowest BCUT2D eigenvalue weighted by Crippen LogP contribution is -2.51. The summed E-state index contributed by atoms with van der Waals surface area (Å²) in [7, 11) is 0. The largest absolute Gasteiger partial charge is 0.301 e. The smallest absolute Gasteiger partial charge is 0.0195 e. The van der Waals surface area contributed by atoms with Gasteiger partial charge in [-0.05, 0) is 44.5 Å². The van der Waals surface area contributed by atoms with Gasteiger partial charge in [-0.1, -0.05) is 13.8 Å². The third-order valence-electron chi connectivity index (χ3n) is 3.82. The Morgan fingerprint density at radius 1 is 1.31 bits per heavy atom. The third-order valence-corrected chi connectivity index (χ3v) is 4.07. The standard InChI is InChI=1S/C13H28N2S/c1-4-15-9-8-14(11-13(15)3)7-5-12(2)6-10-16/h12-13,16H,4-11H2,1-3H3. The maximum absolute atomic E-state index is 4.30. The Kier molecular flexibility index (Phi) is 6.78. The zero-order valence-electron chi connectivity index (χ0n) is 11.2. The van der Waals surface area contributed by atoms with Crippen LogP contribution in [0.15, 0.2) is 0 Å². The van der Waals surface area contributed by atoms with Gasteiger partial charge in [0.05, 0.1) is 0 Å². The topological polar surface area (TPSA) is 6.48 Å². The lowest BCUT2D eigenvalue weighted by atomic mass is 10.0. The van der Waals surface area contributed by atoms with Crippen LogP contribution in [0.2, 0.25) is 0 Å². The monoisotopic (exact) mass is 244 g/mol. The molecular formula is C13H28N2S. The van der Waals surface area contributed by atoms with E-state index in [9.17, 15) is 0 Å². The summed E-state index contributed by atoms with van der Waals surface area (Å²) in [5.41, 5.74) is 0. The van der Waals surface area contributed by atoms with E-state index in [1.165, 1.54) is 45.6 Å². The molecule has 2 atom stereocenters. The highest BCUT2D eigenvalue weighted by molar-refractivity contribution is 7.80. The van der Waals surface area contributed by atoms with Crippen molar-refractivity contribution in [2.45, 2.75) is 39.7 Å². The molecule has 1 aliphatic heterocycles. The quantitative estimate of drug-likeness (QED) is 0.717. The summed E-state index contributed by atoms with van der Waals surface area (Å²) in [6.45, 7) is 13.2. The molecular weight excluding hydrogens is 216 g/mol. The van der Waals surface area contributed by atoms with Crippen LogP contribution in [-0.4, -0.2) is 54.3 Å². The van der Waals surface area contributed by atoms with Gasteiger partial charge in [0.1, 0.15) is 0 Å². The van der Waals surface area contributed by atoms with Crippen molar-refractivity contribution in [3.05, 3.63) is 0 Å². The molecule has 0 aromatic heterocycles. The van der Waals surface area contributed by atoms with Gasteiger partial charge in [-0.25, -0.2) is 0 Å². The molecule has 1 aliphatic rings. The number of thiol groups is 1. The van der Waals surface area contributed by atoms with Gasteiger partial charge in [0.25, 0.3) is 0 Å². The molecule has 0 aliphatic carbocycles. The number of hydrogen-bond donors (Lipinski definition) is 1. The molecule has 2 unspecified atom stereocenters. The Hall–Kier alpha value is 0.270. The minimum Gasteiger partial charge on any atom is -0.301 e. The first-order valence-corrected chi connectivity index (χ1v) is 7.37. The summed E-state index contributed by atoms with van der Waals surface area (Å²) in [5, 5.41) is 0. The molecule has 0 bridgehead atoms. The molecule has 2 nitrogen and oxygen atoms in total. The van der Waals surface area contributed by atoms with Crippen LogP contribution < -0.4 is 0 Å². The van der Waals surface area contributed by atoms with E-state index in [0.29, 0.717) is 0 Å². The first-order valence-electron chi connectivity index (χ1n) is 6.74. The molecule has 3 heteroatoms. The summed E-state index contributed by atoms with van der Waals surface area (Å²) in [6.07, 6.45) is 2.59. The second kappa shape index (κ2) is 7.57. The summed E-state index contributed by atoms with van der Waals surface area (Å²) in [5.74, 6) is 1.86. The highest BCUT2D eigenvalue weighted by atomic mass is 32.1. The fraction of sp³-hybridized carbons (Fsp3) is 1.00. The van der Waals surface area contributed by atoms with Crippen LogP contribution in [0.4, 0.5) is 0 Å². The van der Waals surface area contributed by atoms with Gasteiger partial charge in [0.15, 0.2) is 0 Å². The van der Waals surface area contributed by atoms with E-state index in [4.69, 9.17) is 0 Å². The van der Waals surface area contributed by atoms with Crippen LogP contribution in [0, 0.1) is 5.92 Å². The molecule has 0 amide bonds. The van der Waals surface area contributed by atoms with Crippen molar-refractivity contribution in [2.75, 3.05) is 38.5 Å². The van der Waals surface area contributed by atoms with E-state index in [1.807, 2.05) is 0 Å². The Morgan fingerprint density at radius 3 is 2.62 bits per heavy atom. The van der Waals surface area contributed by atoms with E-state index < -0.39 is 0 Å². The lowest BCUT2D eigenvalue weighted by molar-refractivity contribution is 0.0845. The number of piperazine rings is 1. The average molecular weight is 244 g/mol. The molecule has 0 radical (unpaired) electrons. The Labute approximate surface area is 107 Å². The maximum atomic E-state index is 4.30. The molecule has 0 aromatic rings. The number of likely N-dealkylation sites (N-methyl/N-ethyl adjacent to an activating group) is 1. The molecule has 1 rings (SSSR count). The van der Waals surface area contributed by atoms with Crippen LogP contribution >= 0.6 is 12.6 Å². The predicted octanol–water partition coefficient (Wildman–Crippen LogP) is 2.36. The Morgan fingerprint density at radius 2 is 2.06 bits per heavy atom. The Bertz CT molecular complexity index is 187. The van der Waals surface area contributed by atoms with Crippen LogP contribution in [0.25, 0.3) is 0 Å². The zero-order valence-corrected chi connectivity index (χ0v) is 12.0. The molecule has 0 aromatic carbocycles. The van der Waals surface area contributed by atoms with Crippen molar-refractivity contribution in [2.24, 2.45) is 5.92 Å².